The number of thioether (sulfide) groups is 1. The Kier molecular flexibility index (Phi) is 6.36. The van der Waals surface area contributed by atoms with Crippen molar-refractivity contribution in [3.8, 4) is 5.75 Å². The first-order chi connectivity index (χ1) is 9.31. The number of methoxy groups -OCH3 is 1. The Labute approximate surface area is 124 Å². The molecule has 0 saturated heterocycles. The van der Waals surface area contributed by atoms with Crippen LogP contribution in [0.15, 0.2) is 24.3 Å². The van der Waals surface area contributed by atoms with Crippen molar-refractivity contribution in [1.29, 1.82) is 0 Å². The summed E-state index contributed by atoms with van der Waals surface area (Å²) in [6, 6.07) is 7.28. The number of ether oxygens (including phenoxy) is 2. The standard InChI is InChI=1S/C15H22O4S/c1-15(2,3)19-14(17)10-20-9-13(16)11-6-5-7-12(8-11)18-4/h5-8,13,16H,9-10H2,1-4H3. The van der Waals surface area contributed by atoms with Gasteiger partial charge in [0.25, 0.3) is 0 Å². The van der Waals surface area contributed by atoms with Gasteiger partial charge < -0.3 is 14.6 Å². The molecular weight excluding hydrogens is 276 g/mol. The average molecular weight is 298 g/mol. The number of carbonyl (C=O) groups is 1. The molecule has 0 aliphatic carbocycles. The van der Waals surface area contributed by atoms with E-state index in [1.807, 2.05) is 39.0 Å². The highest BCUT2D eigenvalue weighted by atomic mass is 32.2. The molecule has 5 heteroatoms. The average Bonchev–Trinajstić information content (AvgIpc) is 2.36. The Balaban J connectivity index is 2.39. The van der Waals surface area contributed by atoms with Crippen LogP contribution in [0.2, 0.25) is 0 Å². The summed E-state index contributed by atoms with van der Waals surface area (Å²) >= 11 is 1.35. The molecule has 1 atom stereocenters. The molecule has 0 amide bonds. The Hall–Kier alpha value is -1.20. The van der Waals surface area contributed by atoms with E-state index < -0.39 is 11.7 Å². The lowest BCUT2D eigenvalue weighted by atomic mass is 10.1. The third-order valence-corrected chi connectivity index (χ3v) is 3.39. The predicted molar refractivity (Wildman–Crippen MR) is 81.1 cm³/mol. The van der Waals surface area contributed by atoms with Crippen LogP contribution in [0.3, 0.4) is 0 Å². The molecule has 0 saturated carbocycles. The van der Waals surface area contributed by atoms with Gasteiger partial charge in [0, 0.05) is 5.75 Å². The Morgan fingerprint density at radius 2 is 2.10 bits per heavy atom. The third kappa shape index (κ3) is 6.30. The number of hydrogen-bond donors (Lipinski definition) is 1. The van der Waals surface area contributed by atoms with E-state index in [1.165, 1.54) is 11.8 Å². The molecule has 112 valence electrons. The molecule has 0 bridgehead atoms. The quantitative estimate of drug-likeness (QED) is 0.818. The first-order valence-corrected chi connectivity index (χ1v) is 7.59. The summed E-state index contributed by atoms with van der Waals surface area (Å²) in [6.07, 6.45) is -0.627. The SMILES string of the molecule is COc1cccc(C(O)CSCC(=O)OC(C)(C)C)c1. The van der Waals surface area contributed by atoms with Crippen molar-refractivity contribution >= 4 is 17.7 Å². The van der Waals surface area contributed by atoms with Crippen LogP contribution in [-0.2, 0) is 9.53 Å². The van der Waals surface area contributed by atoms with Gasteiger partial charge in [-0.05, 0) is 38.5 Å². The second kappa shape index (κ2) is 7.55. The number of benzene rings is 1. The van der Waals surface area contributed by atoms with Crippen molar-refractivity contribution in [2.45, 2.75) is 32.5 Å². The Bertz CT molecular complexity index is 440. The van der Waals surface area contributed by atoms with E-state index in [4.69, 9.17) is 9.47 Å². The van der Waals surface area contributed by atoms with E-state index in [-0.39, 0.29) is 11.7 Å². The zero-order valence-corrected chi connectivity index (χ0v) is 13.2. The van der Waals surface area contributed by atoms with Crippen molar-refractivity contribution in [1.82, 2.24) is 0 Å². The van der Waals surface area contributed by atoms with Gasteiger partial charge in [0.2, 0.25) is 0 Å². The molecule has 4 nitrogen and oxygen atoms in total. The minimum Gasteiger partial charge on any atom is -0.497 e. The molecule has 0 heterocycles. The van der Waals surface area contributed by atoms with E-state index >= 15 is 0 Å². The monoisotopic (exact) mass is 298 g/mol. The van der Waals surface area contributed by atoms with Gasteiger partial charge >= 0.3 is 5.97 Å². The normalized spacial score (nSPS) is 12.8. The first-order valence-electron chi connectivity index (χ1n) is 6.43. The topological polar surface area (TPSA) is 55.8 Å². The summed E-state index contributed by atoms with van der Waals surface area (Å²) in [4.78, 5) is 11.5. The van der Waals surface area contributed by atoms with Crippen LogP contribution in [0.4, 0.5) is 0 Å². The fourth-order valence-electron chi connectivity index (χ4n) is 1.57. The van der Waals surface area contributed by atoms with Crippen molar-refractivity contribution in [3.63, 3.8) is 0 Å². The zero-order chi connectivity index (χ0) is 15.2. The Morgan fingerprint density at radius 3 is 2.70 bits per heavy atom. The fraction of sp³-hybridized carbons (Fsp3) is 0.533. The maximum Gasteiger partial charge on any atom is 0.316 e. The van der Waals surface area contributed by atoms with Crippen LogP contribution in [0, 0.1) is 0 Å². The Morgan fingerprint density at radius 1 is 1.40 bits per heavy atom. The van der Waals surface area contributed by atoms with Crippen LogP contribution < -0.4 is 4.74 Å². The van der Waals surface area contributed by atoms with Crippen molar-refractivity contribution in [2.75, 3.05) is 18.6 Å². The number of carbonyl (C=O) groups excluding carboxylic acids is 1. The lowest BCUT2D eigenvalue weighted by Gasteiger charge is -2.19. The highest BCUT2D eigenvalue weighted by Crippen LogP contribution is 2.22. The highest BCUT2D eigenvalue weighted by molar-refractivity contribution is 7.99. The smallest absolute Gasteiger partial charge is 0.316 e. The van der Waals surface area contributed by atoms with Gasteiger partial charge in [-0.25, -0.2) is 0 Å². The van der Waals surface area contributed by atoms with Crippen LogP contribution >= 0.6 is 11.8 Å². The summed E-state index contributed by atoms with van der Waals surface area (Å²) in [5, 5.41) is 10.1. The molecule has 0 aliphatic rings. The molecule has 0 radical (unpaired) electrons. The van der Waals surface area contributed by atoms with Crippen molar-refractivity contribution in [2.24, 2.45) is 0 Å². The molecule has 0 spiro atoms. The van der Waals surface area contributed by atoms with Crippen LogP contribution in [0.5, 0.6) is 5.75 Å². The maximum atomic E-state index is 11.5. The molecular formula is C15H22O4S. The molecule has 20 heavy (non-hydrogen) atoms. The summed E-state index contributed by atoms with van der Waals surface area (Å²) < 4.78 is 10.3. The molecule has 1 unspecified atom stereocenters. The van der Waals surface area contributed by atoms with Crippen LogP contribution in [0.25, 0.3) is 0 Å². The largest absolute Gasteiger partial charge is 0.497 e. The second-order valence-electron chi connectivity index (χ2n) is 5.39. The molecule has 1 N–H and O–H groups in total. The van der Waals surface area contributed by atoms with E-state index in [9.17, 15) is 9.90 Å². The van der Waals surface area contributed by atoms with Crippen molar-refractivity contribution in [3.05, 3.63) is 29.8 Å². The van der Waals surface area contributed by atoms with E-state index in [2.05, 4.69) is 0 Å². The molecule has 0 aromatic heterocycles. The second-order valence-corrected chi connectivity index (χ2v) is 6.42. The van der Waals surface area contributed by atoms with Gasteiger partial charge in [0.15, 0.2) is 0 Å². The van der Waals surface area contributed by atoms with Crippen LogP contribution in [0.1, 0.15) is 32.4 Å². The molecule has 0 aliphatic heterocycles. The number of hydrogen-bond acceptors (Lipinski definition) is 5. The maximum absolute atomic E-state index is 11.5. The highest BCUT2D eigenvalue weighted by Gasteiger charge is 2.17. The molecule has 0 fully saturated rings. The summed E-state index contributed by atoms with van der Waals surface area (Å²) in [7, 11) is 1.59. The number of aliphatic hydroxyl groups is 1. The number of esters is 1. The van der Waals surface area contributed by atoms with Gasteiger partial charge in [-0.15, -0.1) is 11.8 Å². The zero-order valence-electron chi connectivity index (χ0n) is 12.4. The van der Waals surface area contributed by atoms with E-state index in [0.717, 1.165) is 5.56 Å². The molecule has 1 rings (SSSR count). The number of rotatable bonds is 6. The van der Waals surface area contributed by atoms with E-state index in [0.29, 0.717) is 11.5 Å². The van der Waals surface area contributed by atoms with Crippen LogP contribution in [-0.4, -0.2) is 35.3 Å². The van der Waals surface area contributed by atoms with Gasteiger partial charge in [-0.2, -0.15) is 0 Å². The summed E-state index contributed by atoms with van der Waals surface area (Å²) in [6.45, 7) is 5.50. The summed E-state index contributed by atoms with van der Waals surface area (Å²) in [5.74, 6) is 1.11. The molecule has 1 aromatic carbocycles. The minimum atomic E-state index is -0.627. The van der Waals surface area contributed by atoms with E-state index in [1.54, 1.807) is 13.2 Å². The van der Waals surface area contributed by atoms with Gasteiger partial charge in [0.1, 0.15) is 11.4 Å². The summed E-state index contributed by atoms with van der Waals surface area (Å²) in [5.41, 5.74) is 0.310. The van der Waals surface area contributed by atoms with Gasteiger partial charge in [-0.3, -0.25) is 4.79 Å². The van der Waals surface area contributed by atoms with Gasteiger partial charge in [-0.1, -0.05) is 12.1 Å². The first kappa shape index (κ1) is 16.9. The fourth-order valence-corrected chi connectivity index (χ4v) is 2.33. The van der Waals surface area contributed by atoms with Crippen molar-refractivity contribution < 1.29 is 19.4 Å². The minimum absolute atomic E-state index is 0.234. The predicted octanol–water partition coefficient (Wildman–Crippen LogP) is 2.80. The number of aliphatic hydroxyl groups excluding tert-OH is 1. The lowest BCUT2D eigenvalue weighted by molar-refractivity contribution is -0.151. The third-order valence-electron chi connectivity index (χ3n) is 2.39. The van der Waals surface area contributed by atoms with Gasteiger partial charge in [0.05, 0.1) is 19.0 Å². The lowest BCUT2D eigenvalue weighted by Crippen LogP contribution is -2.25. The molecule has 1 aromatic rings.